The first-order valence-electron chi connectivity index (χ1n) is 5.80. The lowest BCUT2D eigenvalue weighted by Gasteiger charge is -2.28. The van der Waals surface area contributed by atoms with Crippen molar-refractivity contribution in [3.63, 3.8) is 0 Å². The number of nitrogens with two attached hydrogens (primary N) is 1. The molecule has 0 unspecified atom stereocenters. The number of para-hydroxylation sites is 1. The number of hydrogen-bond donors (Lipinski definition) is 3. The van der Waals surface area contributed by atoms with E-state index >= 15 is 0 Å². The van der Waals surface area contributed by atoms with Crippen LogP contribution in [0, 0.1) is 6.92 Å². The molecule has 0 heterocycles. The van der Waals surface area contributed by atoms with Crippen LogP contribution in [0.3, 0.4) is 0 Å². The Labute approximate surface area is 114 Å². The monoisotopic (exact) mass is 291 g/mol. The van der Waals surface area contributed by atoms with Crippen LogP contribution in [-0.4, -0.2) is 42.0 Å². The van der Waals surface area contributed by atoms with E-state index in [1.807, 2.05) is 0 Å². The van der Waals surface area contributed by atoms with Crippen LogP contribution >= 0.6 is 0 Å². The quantitative estimate of drug-likeness (QED) is 0.332. The number of nitrogens with zero attached hydrogens (tertiary/aromatic N) is 2. The molecule has 0 aromatic heterocycles. The van der Waals surface area contributed by atoms with Crippen LogP contribution < -0.4 is 10.6 Å². The Balaban J connectivity index is 3.31. The topological polar surface area (TPSA) is 82.1 Å². The van der Waals surface area contributed by atoms with Crippen molar-refractivity contribution >= 4 is 11.5 Å². The summed E-state index contributed by atoms with van der Waals surface area (Å²) in [7, 11) is 0. The summed E-state index contributed by atoms with van der Waals surface area (Å²) < 4.78 is 37.9. The van der Waals surface area contributed by atoms with Gasteiger partial charge in [-0.2, -0.15) is 13.2 Å². The molecule has 1 aromatic rings. The number of aliphatic hydroxyl groups excluding tert-OH is 1. The van der Waals surface area contributed by atoms with Gasteiger partial charge in [-0.3, -0.25) is 0 Å². The van der Waals surface area contributed by atoms with E-state index in [1.165, 1.54) is 6.07 Å². The third-order valence-corrected chi connectivity index (χ3v) is 2.68. The van der Waals surface area contributed by atoms with Gasteiger partial charge in [-0.25, -0.2) is 0 Å². The van der Waals surface area contributed by atoms with Crippen molar-refractivity contribution < 1.29 is 23.5 Å². The van der Waals surface area contributed by atoms with Gasteiger partial charge in [-0.05, 0) is 18.6 Å². The third-order valence-electron chi connectivity index (χ3n) is 2.68. The van der Waals surface area contributed by atoms with Crippen molar-refractivity contribution in [3.05, 3.63) is 29.3 Å². The molecule has 1 rings (SSSR count). The zero-order chi connectivity index (χ0) is 15.3. The summed E-state index contributed by atoms with van der Waals surface area (Å²) in [5.41, 5.74) is 6.40. The molecule has 5 nitrogen and oxygen atoms in total. The molecule has 0 aliphatic heterocycles. The number of amidine groups is 1. The smallest absolute Gasteiger partial charge is 0.405 e. The highest BCUT2D eigenvalue weighted by Gasteiger charge is 2.32. The van der Waals surface area contributed by atoms with Gasteiger partial charge in [0.15, 0.2) is 5.84 Å². The van der Waals surface area contributed by atoms with Crippen molar-refractivity contribution in [3.8, 4) is 0 Å². The minimum Gasteiger partial charge on any atom is -0.409 e. The lowest BCUT2D eigenvalue weighted by molar-refractivity contribution is -0.119. The Morgan fingerprint density at radius 2 is 2.05 bits per heavy atom. The van der Waals surface area contributed by atoms with E-state index < -0.39 is 19.3 Å². The fraction of sp³-hybridized carbons (Fsp3) is 0.417. The second-order valence-corrected chi connectivity index (χ2v) is 4.22. The van der Waals surface area contributed by atoms with Crippen molar-refractivity contribution in [2.75, 3.05) is 24.6 Å². The van der Waals surface area contributed by atoms with Crippen LogP contribution in [0.25, 0.3) is 0 Å². The average molecular weight is 291 g/mol. The summed E-state index contributed by atoms with van der Waals surface area (Å²) >= 11 is 0. The van der Waals surface area contributed by atoms with Gasteiger partial charge in [-0.15, -0.1) is 0 Å². The molecule has 4 N–H and O–H groups in total. The maximum absolute atomic E-state index is 12.6. The summed E-state index contributed by atoms with van der Waals surface area (Å²) in [4.78, 5) is 0.961. The molecule has 1 aromatic carbocycles. The zero-order valence-electron chi connectivity index (χ0n) is 10.9. The molecule has 112 valence electrons. The maximum Gasteiger partial charge on any atom is 0.405 e. The summed E-state index contributed by atoms with van der Waals surface area (Å²) in [6.07, 6.45) is -4.43. The number of oxime groups is 1. The first-order valence-corrected chi connectivity index (χ1v) is 5.80. The zero-order valence-corrected chi connectivity index (χ0v) is 10.9. The lowest BCUT2D eigenvalue weighted by Crippen LogP contribution is -2.38. The second-order valence-electron chi connectivity index (χ2n) is 4.22. The molecule has 0 spiro atoms. The molecule has 0 aliphatic rings. The van der Waals surface area contributed by atoms with Crippen molar-refractivity contribution in [1.82, 2.24) is 0 Å². The van der Waals surface area contributed by atoms with Crippen molar-refractivity contribution in [2.45, 2.75) is 13.1 Å². The number of alkyl halides is 3. The van der Waals surface area contributed by atoms with Gasteiger partial charge in [0, 0.05) is 12.1 Å². The molecule has 20 heavy (non-hydrogen) atoms. The predicted molar refractivity (Wildman–Crippen MR) is 69.0 cm³/mol. The summed E-state index contributed by atoms with van der Waals surface area (Å²) in [5, 5.41) is 20.5. The number of hydrogen-bond acceptors (Lipinski definition) is 4. The molecule has 0 saturated heterocycles. The Kier molecular flexibility index (Phi) is 5.20. The highest BCUT2D eigenvalue weighted by atomic mass is 19.4. The van der Waals surface area contributed by atoms with Crippen molar-refractivity contribution in [2.24, 2.45) is 10.9 Å². The van der Waals surface area contributed by atoms with Gasteiger partial charge in [0.25, 0.3) is 0 Å². The van der Waals surface area contributed by atoms with Gasteiger partial charge in [0.1, 0.15) is 6.54 Å². The normalized spacial score (nSPS) is 12.6. The minimum absolute atomic E-state index is 0.185. The first-order chi connectivity index (χ1) is 9.30. The lowest BCUT2D eigenvalue weighted by atomic mass is 10.1. The van der Waals surface area contributed by atoms with Gasteiger partial charge in [-0.1, -0.05) is 17.3 Å². The number of anilines is 1. The standard InChI is InChI=1S/C12H16F3N3O2/c1-8-3-2-4-9(11(16)17-20)10(8)18(5-6-19)7-12(13,14)15/h2-4,19-20H,5-7H2,1H3,(H2,16,17). The predicted octanol–water partition coefficient (Wildman–Crippen LogP) is 1.45. The first kappa shape index (κ1) is 16.1. The number of aryl methyl sites for hydroxylation is 1. The fourth-order valence-corrected chi connectivity index (χ4v) is 1.95. The van der Waals surface area contributed by atoms with E-state index in [9.17, 15) is 13.2 Å². The molecule has 0 radical (unpaired) electrons. The van der Waals surface area contributed by atoms with Gasteiger partial charge in [0.05, 0.1) is 12.3 Å². The largest absolute Gasteiger partial charge is 0.409 e. The van der Waals surface area contributed by atoms with Gasteiger partial charge >= 0.3 is 6.18 Å². The molecule has 0 saturated carbocycles. The van der Waals surface area contributed by atoms with Crippen LogP contribution in [0.5, 0.6) is 0 Å². The average Bonchev–Trinajstić information content (AvgIpc) is 2.35. The molecule has 8 heteroatoms. The SMILES string of the molecule is Cc1cccc(/C(N)=N/O)c1N(CCO)CC(F)(F)F. The van der Waals surface area contributed by atoms with Crippen LogP contribution in [0.4, 0.5) is 18.9 Å². The van der Waals surface area contributed by atoms with E-state index in [0.717, 1.165) is 4.90 Å². The third kappa shape index (κ3) is 4.02. The van der Waals surface area contributed by atoms with E-state index in [1.54, 1.807) is 19.1 Å². The number of benzene rings is 1. The summed E-state index contributed by atoms with van der Waals surface area (Å²) in [5.74, 6) is -0.284. The fourth-order valence-electron chi connectivity index (χ4n) is 1.95. The van der Waals surface area contributed by atoms with Crippen LogP contribution in [-0.2, 0) is 0 Å². The number of aliphatic hydroxyl groups is 1. The summed E-state index contributed by atoms with van der Waals surface area (Å²) in [6, 6.07) is 4.67. The van der Waals surface area contributed by atoms with Crippen LogP contribution in [0.1, 0.15) is 11.1 Å². The van der Waals surface area contributed by atoms with Crippen molar-refractivity contribution in [1.29, 1.82) is 0 Å². The molecule has 0 fully saturated rings. The Morgan fingerprint density at radius 3 is 2.55 bits per heavy atom. The molecule has 0 amide bonds. The van der Waals surface area contributed by atoms with Gasteiger partial charge < -0.3 is 20.9 Å². The number of halogens is 3. The molecule has 0 atom stereocenters. The molecular formula is C12H16F3N3O2. The minimum atomic E-state index is -4.43. The van der Waals surface area contributed by atoms with Crippen LogP contribution in [0.2, 0.25) is 0 Å². The Morgan fingerprint density at radius 1 is 1.40 bits per heavy atom. The van der Waals surface area contributed by atoms with E-state index in [0.29, 0.717) is 5.56 Å². The van der Waals surface area contributed by atoms with Gasteiger partial charge in [0.2, 0.25) is 0 Å². The molecular weight excluding hydrogens is 275 g/mol. The second kappa shape index (κ2) is 6.47. The van der Waals surface area contributed by atoms with Crippen LogP contribution in [0.15, 0.2) is 23.4 Å². The molecule has 0 bridgehead atoms. The summed E-state index contributed by atoms with van der Waals surface area (Å²) in [6.45, 7) is -0.273. The van der Waals surface area contributed by atoms with E-state index in [4.69, 9.17) is 16.0 Å². The molecule has 0 aliphatic carbocycles. The Bertz CT molecular complexity index is 489. The van der Waals surface area contributed by atoms with E-state index in [-0.39, 0.29) is 23.6 Å². The maximum atomic E-state index is 12.6. The Hall–Kier alpha value is -1.96. The number of rotatable bonds is 5. The van der Waals surface area contributed by atoms with E-state index in [2.05, 4.69) is 5.16 Å². The highest BCUT2D eigenvalue weighted by Crippen LogP contribution is 2.28. The highest BCUT2D eigenvalue weighted by molar-refractivity contribution is 6.02.